The highest BCUT2D eigenvalue weighted by molar-refractivity contribution is 5.48. The Labute approximate surface area is 91.5 Å². The smallest absolute Gasteiger partial charge is 0.0761 e. The third-order valence-corrected chi connectivity index (χ3v) is 3.41. The van der Waals surface area contributed by atoms with Gasteiger partial charge in [0.15, 0.2) is 0 Å². The van der Waals surface area contributed by atoms with Gasteiger partial charge in [0.2, 0.25) is 0 Å². The average molecular weight is 205 g/mol. The van der Waals surface area contributed by atoms with Crippen molar-refractivity contribution in [1.29, 1.82) is 0 Å². The molecule has 1 aliphatic rings. The van der Waals surface area contributed by atoms with Crippen LogP contribution in [0.25, 0.3) is 0 Å². The molecule has 0 bridgehead atoms. The zero-order valence-electron chi connectivity index (χ0n) is 9.48. The molecule has 1 fully saturated rings. The van der Waals surface area contributed by atoms with Crippen LogP contribution in [0, 0.1) is 0 Å². The van der Waals surface area contributed by atoms with E-state index in [0.717, 1.165) is 11.6 Å². The average Bonchev–Trinajstić information content (AvgIpc) is 2.15. The molecule has 0 heterocycles. The Bertz CT molecular complexity index is 314. The van der Waals surface area contributed by atoms with Crippen LogP contribution in [0.2, 0.25) is 0 Å². The van der Waals surface area contributed by atoms with E-state index >= 15 is 0 Å². The monoisotopic (exact) mass is 205 g/mol. The number of hydrogen-bond donors (Lipinski definition) is 1. The quantitative estimate of drug-likeness (QED) is 0.820. The number of aliphatic hydroxyl groups is 1. The van der Waals surface area contributed by atoms with E-state index in [-0.39, 0.29) is 6.10 Å². The third-order valence-electron chi connectivity index (χ3n) is 3.41. The molecule has 0 unspecified atom stereocenters. The van der Waals surface area contributed by atoms with Crippen molar-refractivity contribution in [2.75, 3.05) is 11.9 Å². The molecule has 1 N–H and O–H groups in total. The Morgan fingerprint density at radius 3 is 2.27 bits per heavy atom. The summed E-state index contributed by atoms with van der Waals surface area (Å²) in [5.41, 5.74) is 2.24. The first kappa shape index (κ1) is 10.5. The second-order valence-electron chi connectivity index (χ2n) is 4.46. The van der Waals surface area contributed by atoms with Gasteiger partial charge in [-0.15, -0.1) is 0 Å². The number of hydrogen-bond acceptors (Lipinski definition) is 2. The molecule has 2 heteroatoms. The second-order valence-corrected chi connectivity index (χ2v) is 4.46. The maximum absolute atomic E-state index is 9.41. The van der Waals surface area contributed by atoms with Crippen LogP contribution in [0.15, 0.2) is 24.3 Å². The molecule has 2 rings (SSSR count). The van der Waals surface area contributed by atoms with Crippen molar-refractivity contribution in [3.63, 3.8) is 0 Å². The SMILES string of the molecule is C[C@@H](O)c1ccc(N(C)C2CCC2)cc1. The van der Waals surface area contributed by atoms with Crippen molar-refractivity contribution in [1.82, 2.24) is 0 Å². The summed E-state index contributed by atoms with van der Waals surface area (Å²) in [5, 5.41) is 9.41. The van der Waals surface area contributed by atoms with Crippen LogP contribution in [0.4, 0.5) is 5.69 Å². The fourth-order valence-corrected chi connectivity index (χ4v) is 1.97. The first-order valence-corrected chi connectivity index (χ1v) is 5.69. The second kappa shape index (κ2) is 4.23. The highest BCUT2D eigenvalue weighted by atomic mass is 16.3. The van der Waals surface area contributed by atoms with E-state index in [9.17, 15) is 5.11 Å². The van der Waals surface area contributed by atoms with E-state index in [2.05, 4.69) is 24.1 Å². The van der Waals surface area contributed by atoms with Gasteiger partial charge in [0.05, 0.1) is 6.10 Å². The molecular formula is C13H19NO. The van der Waals surface area contributed by atoms with Gasteiger partial charge in [0, 0.05) is 18.8 Å². The number of rotatable bonds is 3. The summed E-state index contributed by atoms with van der Waals surface area (Å²) < 4.78 is 0. The summed E-state index contributed by atoms with van der Waals surface area (Å²) in [4.78, 5) is 2.34. The highest BCUT2D eigenvalue weighted by Gasteiger charge is 2.22. The summed E-state index contributed by atoms with van der Waals surface area (Å²) in [5.74, 6) is 0. The fraction of sp³-hybridized carbons (Fsp3) is 0.538. The van der Waals surface area contributed by atoms with Gasteiger partial charge in [-0.3, -0.25) is 0 Å². The Morgan fingerprint density at radius 2 is 1.87 bits per heavy atom. The molecule has 0 amide bonds. The summed E-state index contributed by atoms with van der Waals surface area (Å²) in [6.07, 6.45) is 3.62. The van der Waals surface area contributed by atoms with E-state index in [1.165, 1.54) is 24.9 Å². The van der Waals surface area contributed by atoms with Gasteiger partial charge >= 0.3 is 0 Å². The number of benzene rings is 1. The van der Waals surface area contributed by atoms with Gasteiger partial charge in [0.25, 0.3) is 0 Å². The molecule has 1 aromatic rings. The van der Waals surface area contributed by atoms with Crippen LogP contribution in [-0.2, 0) is 0 Å². The van der Waals surface area contributed by atoms with Crippen LogP contribution < -0.4 is 4.90 Å². The minimum Gasteiger partial charge on any atom is -0.389 e. The lowest BCUT2D eigenvalue weighted by molar-refractivity contribution is 0.199. The third kappa shape index (κ3) is 2.15. The van der Waals surface area contributed by atoms with Crippen molar-refractivity contribution < 1.29 is 5.11 Å². The molecule has 82 valence electrons. The van der Waals surface area contributed by atoms with Gasteiger partial charge in [0.1, 0.15) is 0 Å². The Kier molecular flexibility index (Phi) is 2.96. The van der Waals surface area contributed by atoms with E-state index < -0.39 is 0 Å². The van der Waals surface area contributed by atoms with E-state index in [0.29, 0.717) is 0 Å². The predicted octanol–water partition coefficient (Wildman–Crippen LogP) is 2.73. The lowest BCUT2D eigenvalue weighted by Gasteiger charge is -2.36. The molecule has 1 aromatic carbocycles. The maximum Gasteiger partial charge on any atom is 0.0761 e. The topological polar surface area (TPSA) is 23.5 Å². The van der Waals surface area contributed by atoms with Crippen LogP contribution in [0.5, 0.6) is 0 Å². The maximum atomic E-state index is 9.41. The van der Waals surface area contributed by atoms with Crippen molar-refractivity contribution in [2.24, 2.45) is 0 Å². The van der Waals surface area contributed by atoms with Gasteiger partial charge in [-0.25, -0.2) is 0 Å². The fourth-order valence-electron chi connectivity index (χ4n) is 1.97. The summed E-state index contributed by atoms with van der Waals surface area (Å²) in [7, 11) is 2.15. The minimum absolute atomic E-state index is 0.368. The Morgan fingerprint density at radius 1 is 1.27 bits per heavy atom. The molecule has 0 radical (unpaired) electrons. The molecule has 0 spiro atoms. The minimum atomic E-state index is -0.368. The lowest BCUT2D eigenvalue weighted by Crippen LogP contribution is -2.37. The Hall–Kier alpha value is -1.02. The first-order valence-electron chi connectivity index (χ1n) is 5.69. The standard InChI is InChI=1S/C13H19NO/c1-10(15)11-6-8-13(9-7-11)14(2)12-4-3-5-12/h6-10,12,15H,3-5H2,1-2H3/t10-/m1/s1. The molecule has 0 aromatic heterocycles. The summed E-state index contributed by atoms with van der Waals surface area (Å²) in [6, 6.07) is 8.94. The highest BCUT2D eigenvalue weighted by Crippen LogP contribution is 2.28. The lowest BCUT2D eigenvalue weighted by atomic mass is 9.91. The number of anilines is 1. The van der Waals surface area contributed by atoms with Gasteiger partial charge < -0.3 is 10.0 Å². The van der Waals surface area contributed by atoms with Gasteiger partial charge in [-0.2, -0.15) is 0 Å². The van der Waals surface area contributed by atoms with Gasteiger partial charge in [-0.05, 0) is 43.9 Å². The predicted molar refractivity (Wildman–Crippen MR) is 63.1 cm³/mol. The van der Waals surface area contributed by atoms with E-state index in [1.54, 1.807) is 6.92 Å². The molecule has 1 aliphatic carbocycles. The van der Waals surface area contributed by atoms with E-state index in [4.69, 9.17) is 0 Å². The number of aliphatic hydroxyl groups excluding tert-OH is 1. The van der Waals surface area contributed by atoms with E-state index in [1.807, 2.05) is 12.1 Å². The van der Waals surface area contributed by atoms with Gasteiger partial charge in [-0.1, -0.05) is 12.1 Å². The molecular weight excluding hydrogens is 186 g/mol. The molecule has 1 saturated carbocycles. The molecule has 1 atom stereocenters. The zero-order valence-corrected chi connectivity index (χ0v) is 9.48. The molecule has 0 aliphatic heterocycles. The van der Waals surface area contributed by atoms with Crippen LogP contribution in [0.1, 0.15) is 37.9 Å². The van der Waals surface area contributed by atoms with Crippen molar-refractivity contribution in [3.8, 4) is 0 Å². The largest absolute Gasteiger partial charge is 0.389 e. The van der Waals surface area contributed by atoms with Crippen LogP contribution in [-0.4, -0.2) is 18.2 Å². The number of nitrogens with zero attached hydrogens (tertiary/aromatic N) is 1. The molecule has 2 nitrogen and oxygen atoms in total. The van der Waals surface area contributed by atoms with Crippen LogP contribution in [0.3, 0.4) is 0 Å². The Balaban J connectivity index is 2.08. The van der Waals surface area contributed by atoms with Crippen molar-refractivity contribution >= 4 is 5.69 Å². The van der Waals surface area contributed by atoms with Crippen molar-refractivity contribution in [3.05, 3.63) is 29.8 Å². The molecule has 15 heavy (non-hydrogen) atoms. The summed E-state index contributed by atoms with van der Waals surface area (Å²) in [6.45, 7) is 1.80. The summed E-state index contributed by atoms with van der Waals surface area (Å²) >= 11 is 0. The molecule has 0 saturated heterocycles. The van der Waals surface area contributed by atoms with Crippen LogP contribution >= 0.6 is 0 Å². The van der Waals surface area contributed by atoms with Crippen molar-refractivity contribution in [2.45, 2.75) is 38.3 Å². The first-order chi connectivity index (χ1) is 7.18. The normalized spacial score (nSPS) is 18.3. The zero-order chi connectivity index (χ0) is 10.8.